The Morgan fingerprint density at radius 1 is 0.667 bits per heavy atom. The third-order valence-electron chi connectivity index (χ3n) is 4.63. The van der Waals surface area contributed by atoms with Gasteiger partial charge in [-0.15, -0.1) is 0 Å². The molecule has 3 heteroatoms. The van der Waals surface area contributed by atoms with Gasteiger partial charge in [-0.1, -0.05) is 91.0 Å². The van der Waals surface area contributed by atoms with E-state index < -0.39 is 6.10 Å². The maximum Gasteiger partial charge on any atom is 0.0915 e. The molecule has 0 bridgehead atoms. The van der Waals surface area contributed by atoms with Gasteiger partial charge in [0.2, 0.25) is 0 Å². The second-order valence-corrected chi connectivity index (χ2v) is 6.62. The number of aliphatic hydroxyl groups is 1. The van der Waals surface area contributed by atoms with E-state index in [1.165, 1.54) is 5.56 Å². The zero-order chi connectivity index (χ0) is 18.7. The standard InChI is InChI=1S/C24H26O3/c25-24(18-21-12-6-2-7-13-21)23(22-14-8-3-9-15-22)19-27-26-17-16-20-10-4-1-5-11-20/h1-15,23-25H,16-19H2. The summed E-state index contributed by atoms with van der Waals surface area (Å²) in [6.07, 6.45) is 0.824. The molecule has 2 unspecified atom stereocenters. The topological polar surface area (TPSA) is 38.7 Å². The van der Waals surface area contributed by atoms with Crippen LogP contribution in [0.5, 0.6) is 0 Å². The fourth-order valence-electron chi connectivity index (χ4n) is 3.11. The molecule has 0 spiro atoms. The molecule has 2 atom stereocenters. The van der Waals surface area contributed by atoms with Crippen LogP contribution in [0.4, 0.5) is 0 Å². The van der Waals surface area contributed by atoms with Crippen LogP contribution in [-0.4, -0.2) is 24.4 Å². The minimum Gasteiger partial charge on any atom is -0.392 e. The number of aliphatic hydroxyl groups excluding tert-OH is 1. The summed E-state index contributed by atoms with van der Waals surface area (Å²) in [5.41, 5.74) is 3.37. The first-order chi connectivity index (χ1) is 13.3. The van der Waals surface area contributed by atoms with Crippen molar-refractivity contribution in [1.29, 1.82) is 0 Å². The first-order valence-corrected chi connectivity index (χ1v) is 9.38. The number of hydrogen-bond donors (Lipinski definition) is 1. The zero-order valence-electron chi connectivity index (χ0n) is 15.4. The summed E-state index contributed by atoms with van der Waals surface area (Å²) in [6, 6.07) is 30.2. The largest absolute Gasteiger partial charge is 0.392 e. The van der Waals surface area contributed by atoms with Crippen LogP contribution in [0.15, 0.2) is 91.0 Å². The zero-order valence-corrected chi connectivity index (χ0v) is 15.4. The van der Waals surface area contributed by atoms with Gasteiger partial charge in [-0.05, 0) is 29.5 Å². The number of benzene rings is 3. The highest BCUT2D eigenvalue weighted by Gasteiger charge is 2.22. The van der Waals surface area contributed by atoms with Crippen molar-refractivity contribution in [2.75, 3.05) is 13.2 Å². The Hall–Kier alpha value is -2.46. The van der Waals surface area contributed by atoms with Gasteiger partial charge in [0.05, 0.1) is 19.3 Å². The molecule has 0 heterocycles. The minimum absolute atomic E-state index is 0.150. The van der Waals surface area contributed by atoms with E-state index >= 15 is 0 Å². The molecule has 3 rings (SSSR count). The molecule has 0 saturated heterocycles. The van der Waals surface area contributed by atoms with E-state index in [9.17, 15) is 5.11 Å². The van der Waals surface area contributed by atoms with Crippen molar-refractivity contribution in [1.82, 2.24) is 0 Å². The molecular weight excluding hydrogens is 336 g/mol. The van der Waals surface area contributed by atoms with Crippen LogP contribution in [-0.2, 0) is 22.6 Å². The molecule has 0 aromatic heterocycles. The SMILES string of the molecule is OC(Cc1ccccc1)C(COOCCc1ccccc1)c1ccccc1. The lowest BCUT2D eigenvalue weighted by Gasteiger charge is -2.23. The molecule has 0 saturated carbocycles. The Labute approximate surface area is 161 Å². The number of hydrogen-bond acceptors (Lipinski definition) is 3. The highest BCUT2D eigenvalue weighted by molar-refractivity contribution is 5.23. The van der Waals surface area contributed by atoms with Gasteiger partial charge in [0, 0.05) is 5.92 Å². The Bertz CT molecular complexity index is 759. The van der Waals surface area contributed by atoms with Crippen molar-refractivity contribution in [2.45, 2.75) is 24.9 Å². The van der Waals surface area contributed by atoms with Gasteiger partial charge in [-0.3, -0.25) is 0 Å². The monoisotopic (exact) mass is 362 g/mol. The van der Waals surface area contributed by atoms with Crippen LogP contribution in [0.25, 0.3) is 0 Å². The first kappa shape index (κ1) is 19.3. The molecule has 0 aliphatic heterocycles. The molecule has 0 fully saturated rings. The second-order valence-electron chi connectivity index (χ2n) is 6.62. The summed E-state index contributed by atoms with van der Waals surface area (Å²) in [5, 5.41) is 10.8. The van der Waals surface area contributed by atoms with E-state index in [-0.39, 0.29) is 5.92 Å². The van der Waals surface area contributed by atoms with E-state index in [0.29, 0.717) is 19.6 Å². The average molecular weight is 362 g/mol. The van der Waals surface area contributed by atoms with E-state index in [1.54, 1.807) is 0 Å². The van der Waals surface area contributed by atoms with Crippen molar-refractivity contribution in [3.05, 3.63) is 108 Å². The summed E-state index contributed by atoms with van der Waals surface area (Å²) in [5.74, 6) is -0.150. The van der Waals surface area contributed by atoms with E-state index in [0.717, 1.165) is 17.5 Å². The second kappa shape index (κ2) is 10.6. The Balaban J connectivity index is 1.54. The molecule has 140 valence electrons. The van der Waals surface area contributed by atoms with Crippen LogP contribution in [0, 0.1) is 0 Å². The Kier molecular flexibility index (Phi) is 7.60. The molecule has 3 aromatic rings. The van der Waals surface area contributed by atoms with Gasteiger partial charge in [0.15, 0.2) is 0 Å². The van der Waals surface area contributed by atoms with Crippen molar-refractivity contribution < 1.29 is 14.9 Å². The first-order valence-electron chi connectivity index (χ1n) is 9.38. The molecule has 3 nitrogen and oxygen atoms in total. The maximum absolute atomic E-state index is 10.8. The lowest BCUT2D eigenvalue weighted by atomic mass is 9.90. The van der Waals surface area contributed by atoms with Gasteiger partial charge in [-0.25, -0.2) is 9.78 Å². The molecule has 1 N–H and O–H groups in total. The number of rotatable bonds is 10. The quantitative estimate of drug-likeness (QED) is 0.326. The van der Waals surface area contributed by atoms with Crippen molar-refractivity contribution in [2.24, 2.45) is 0 Å². The van der Waals surface area contributed by atoms with Gasteiger partial charge in [0.1, 0.15) is 0 Å². The van der Waals surface area contributed by atoms with E-state index in [2.05, 4.69) is 12.1 Å². The van der Waals surface area contributed by atoms with Gasteiger partial charge in [-0.2, -0.15) is 0 Å². The van der Waals surface area contributed by atoms with Crippen LogP contribution >= 0.6 is 0 Å². The smallest absolute Gasteiger partial charge is 0.0915 e. The predicted octanol–water partition coefficient (Wildman–Crippen LogP) is 4.56. The lowest BCUT2D eigenvalue weighted by Crippen LogP contribution is -2.25. The highest BCUT2D eigenvalue weighted by atomic mass is 17.2. The molecule has 0 aliphatic rings. The third kappa shape index (κ3) is 6.33. The Morgan fingerprint density at radius 2 is 1.22 bits per heavy atom. The molecule has 27 heavy (non-hydrogen) atoms. The predicted molar refractivity (Wildman–Crippen MR) is 107 cm³/mol. The van der Waals surface area contributed by atoms with Crippen molar-refractivity contribution in [3.8, 4) is 0 Å². The van der Waals surface area contributed by atoms with E-state index in [4.69, 9.17) is 9.78 Å². The molecule has 3 aromatic carbocycles. The summed E-state index contributed by atoms with van der Waals surface area (Å²) < 4.78 is 0. The molecule has 0 radical (unpaired) electrons. The Morgan fingerprint density at radius 3 is 1.85 bits per heavy atom. The maximum atomic E-state index is 10.8. The van der Waals surface area contributed by atoms with Crippen LogP contribution in [0.3, 0.4) is 0 Å². The van der Waals surface area contributed by atoms with Crippen molar-refractivity contribution >= 4 is 0 Å². The third-order valence-corrected chi connectivity index (χ3v) is 4.63. The minimum atomic E-state index is -0.549. The summed E-state index contributed by atoms with van der Waals surface area (Å²) in [7, 11) is 0. The molecule has 0 amide bonds. The fourth-order valence-corrected chi connectivity index (χ4v) is 3.11. The normalized spacial score (nSPS) is 13.2. The highest BCUT2D eigenvalue weighted by Crippen LogP contribution is 2.23. The lowest BCUT2D eigenvalue weighted by molar-refractivity contribution is -0.299. The van der Waals surface area contributed by atoms with Crippen LogP contribution in [0.2, 0.25) is 0 Å². The van der Waals surface area contributed by atoms with Crippen LogP contribution < -0.4 is 0 Å². The van der Waals surface area contributed by atoms with Gasteiger partial charge >= 0.3 is 0 Å². The van der Waals surface area contributed by atoms with E-state index in [1.807, 2.05) is 78.9 Å². The molecular formula is C24H26O3. The van der Waals surface area contributed by atoms with Crippen LogP contribution in [0.1, 0.15) is 22.6 Å². The van der Waals surface area contributed by atoms with Gasteiger partial charge in [0.25, 0.3) is 0 Å². The fraction of sp³-hybridized carbons (Fsp3) is 0.250. The summed E-state index contributed by atoms with van der Waals surface area (Å²) >= 11 is 0. The van der Waals surface area contributed by atoms with Crippen molar-refractivity contribution in [3.63, 3.8) is 0 Å². The molecule has 0 aliphatic carbocycles. The summed E-state index contributed by atoms with van der Waals surface area (Å²) in [4.78, 5) is 10.8. The average Bonchev–Trinajstić information content (AvgIpc) is 2.73. The van der Waals surface area contributed by atoms with Gasteiger partial charge < -0.3 is 5.11 Å². The summed E-state index contributed by atoms with van der Waals surface area (Å²) in [6.45, 7) is 0.799.